The van der Waals surface area contributed by atoms with Crippen LogP contribution in [0, 0.1) is 0 Å². The number of carbonyl (C=O) groups excluding carboxylic acids is 2. The number of nitrogens with zero attached hydrogens (tertiary/aromatic N) is 2. The normalized spacial score (nSPS) is 14.2. The van der Waals surface area contributed by atoms with E-state index in [9.17, 15) is 9.59 Å². The number of piperidine rings is 1. The van der Waals surface area contributed by atoms with Crippen LogP contribution in [0.2, 0.25) is 0 Å². The smallest absolute Gasteiger partial charge is 0.247 e. The van der Waals surface area contributed by atoms with Crippen molar-refractivity contribution in [2.24, 2.45) is 0 Å². The van der Waals surface area contributed by atoms with Crippen LogP contribution in [0.3, 0.4) is 0 Å². The third kappa shape index (κ3) is 6.25. The highest BCUT2D eigenvalue weighted by molar-refractivity contribution is 6.06. The van der Waals surface area contributed by atoms with Gasteiger partial charge >= 0.3 is 0 Å². The largest absolute Gasteiger partial charge is 0.397 e. The van der Waals surface area contributed by atoms with Crippen molar-refractivity contribution in [3.8, 4) is 11.3 Å². The lowest BCUT2D eigenvalue weighted by molar-refractivity contribution is -0.111. The minimum Gasteiger partial charge on any atom is -0.397 e. The van der Waals surface area contributed by atoms with E-state index in [4.69, 9.17) is 5.73 Å². The first-order valence-electron chi connectivity index (χ1n) is 11.0. The maximum atomic E-state index is 11.6. The number of fused-ring (bicyclic) bond motifs is 1. The summed E-state index contributed by atoms with van der Waals surface area (Å²) in [6.45, 7) is 5.97. The van der Waals surface area contributed by atoms with E-state index in [1.165, 1.54) is 32.0 Å². The van der Waals surface area contributed by atoms with E-state index in [1.807, 2.05) is 36.4 Å². The Hall–Kier alpha value is -3.55. The van der Waals surface area contributed by atoms with Crippen molar-refractivity contribution < 1.29 is 9.59 Å². The molecule has 0 spiro atoms. The van der Waals surface area contributed by atoms with Crippen LogP contribution >= 0.6 is 0 Å². The van der Waals surface area contributed by atoms with Gasteiger partial charge in [-0.3, -0.25) is 9.59 Å². The molecule has 4 rings (SSSR count). The topological polar surface area (TPSA) is 100 Å². The molecule has 1 amide bonds. The van der Waals surface area contributed by atoms with E-state index < -0.39 is 0 Å². The van der Waals surface area contributed by atoms with Crippen molar-refractivity contribution in [1.29, 1.82) is 0 Å². The molecule has 1 saturated heterocycles. The first kappa shape index (κ1) is 24.1. The molecule has 1 aliphatic heterocycles. The Morgan fingerprint density at radius 1 is 1.18 bits per heavy atom. The fourth-order valence-corrected chi connectivity index (χ4v) is 3.76. The number of nitrogens with two attached hydrogens (primary N) is 1. The lowest BCUT2D eigenvalue weighted by atomic mass is 10.0. The molecule has 0 radical (unpaired) electrons. The molecule has 0 aliphatic carbocycles. The summed E-state index contributed by atoms with van der Waals surface area (Å²) >= 11 is 0. The zero-order valence-electron chi connectivity index (χ0n) is 19.2. The summed E-state index contributed by atoms with van der Waals surface area (Å²) in [6, 6.07) is 15.6. The molecule has 0 saturated carbocycles. The van der Waals surface area contributed by atoms with E-state index in [1.54, 1.807) is 12.1 Å². The van der Waals surface area contributed by atoms with Gasteiger partial charge in [-0.25, -0.2) is 4.98 Å². The standard InChI is InChI=1S/C19H15N3O2.C7H16N2/c1-2-19(24)22-17-5-3-4-12-6-7-13(10-14(12)17)16-9-8-15(20)18(11-23)21-16;1-8-7-3-5-9(2)6-4-7/h2-11H,1,20H2,(H,22,24);7-8H,3-6H2,1-2H3. The van der Waals surface area contributed by atoms with E-state index >= 15 is 0 Å². The number of hydrogen-bond donors (Lipinski definition) is 3. The van der Waals surface area contributed by atoms with Gasteiger partial charge in [0.15, 0.2) is 6.29 Å². The fourth-order valence-electron chi connectivity index (χ4n) is 3.76. The average Bonchev–Trinajstić information content (AvgIpc) is 2.85. The minimum absolute atomic E-state index is 0.209. The SMILES string of the molecule is C=CC(=O)Nc1cccc2ccc(-c3ccc(N)c(C=O)n3)cc12.CNC1CCN(C)CC1. The summed E-state index contributed by atoms with van der Waals surface area (Å²) in [5.41, 5.74) is 8.41. The molecule has 4 N–H and O–H groups in total. The van der Waals surface area contributed by atoms with Gasteiger partial charge < -0.3 is 21.3 Å². The Balaban J connectivity index is 0.000000286. The number of anilines is 2. The summed E-state index contributed by atoms with van der Waals surface area (Å²) in [5, 5.41) is 7.94. The molecule has 1 aliphatic rings. The highest BCUT2D eigenvalue weighted by atomic mass is 16.1. The second kappa shape index (κ2) is 11.4. The van der Waals surface area contributed by atoms with Crippen molar-refractivity contribution in [3.63, 3.8) is 0 Å². The molecule has 1 aromatic heterocycles. The lowest BCUT2D eigenvalue weighted by Crippen LogP contribution is -2.39. The van der Waals surface area contributed by atoms with Crippen molar-refractivity contribution in [3.05, 3.63) is 66.9 Å². The highest BCUT2D eigenvalue weighted by Gasteiger charge is 2.13. The predicted molar refractivity (Wildman–Crippen MR) is 135 cm³/mol. The zero-order chi connectivity index (χ0) is 23.8. The number of benzene rings is 2. The highest BCUT2D eigenvalue weighted by Crippen LogP contribution is 2.29. The Morgan fingerprint density at radius 2 is 1.94 bits per heavy atom. The van der Waals surface area contributed by atoms with Crippen molar-refractivity contribution in [2.75, 3.05) is 38.2 Å². The second-order valence-electron chi connectivity index (χ2n) is 8.09. The molecular formula is C26H31N5O2. The van der Waals surface area contributed by atoms with Crippen LogP contribution in [0.25, 0.3) is 22.0 Å². The molecule has 2 heterocycles. The minimum atomic E-state index is -0.276. The maximum absolute atomic E-state index is 11.6. The Kier molecular flexibility index (Phi) is 8.29. The molecule has 172 valence electrons. The van der Waals surface area contributed by atoms with Gasteiger partial charge in [-0.2, -0.15) is 0 Å². The van der Waals surface area contributed by atoms with Crippen LogP contribution in [-0.2, 0) is 4.79 Å². The van der Waals surface area contributed by atoms with Crippen molar-refractivity contribution in [2.45, 2.75) is 18.9 Å². The lowest BCUT2D eigenvalue weighted by Gasteiger charge is -2.28. The fraction of sp³-hybridized carbons (Fsp3) is 0.269. The van der Waals surface area contributed by atoms with Gasteiger partial charge in [-0.1, -0.05) is 30.8 Å². The molecule has 33 heavy (non-hydrogen) atoms. The van der Waals surface area contributed by atoms with Crippen molar-refractivity contribution in [1.82, 2.24) is 15.2 Å². The number of rotatable bonds is 5. The number of hydrogen-bond acceptors (Lipinski definition) is 6. The average molecular weight is 446 g/mol. The number of pyridine rings is 1. The number of amides is 1. The van der Waals surface area contributed by atoms with Gasteiger partial charge in [-0.05, 0) is 75.8 Å². The summed E-state index contributed by atoms with van der Waals surface area (Å²) in [6.07, 6.45) is 4.48. The first-order valence-corrected chi connectivity index (χ1v) is 11.0. The van der Waals surface area contributed by atoms with E-state index in [2.05, 4.69) is 41.2 Å². The molecule has 0 atom stereocenters. The quantitative estimate of drug-likeness (QED) is 0.409. The number of likely N-dealkylation sites (tertiary alicyclic amines) is 1. The van der Waals surface area contributed by atoms with Crippen LogP contribution in [0.1, 0.15) is 23.3 Å². The molecule has 7 nitrogen and oxygen atoms in total. The third-order valence-corrected chi connectivity index (χ3v) is 5.82. The molecule has 0 unspecified atom stereocenters. The van der Waals surface area contributed by atoms with Crippen LogP contribution < -0.4 is 16.4 Å². The number of nitrogen functional groups attached to an aromatic ring is 1. The van der Waals surface area contributed by atoms with E-state index in [0.717, 1.165) is 22.4 Å². The van der Waals surface area contributed by atoms with Gasteiger partial charge in [-0.15, -0.1) is 0 Å². The molecule has 0 bridgehead atoms. The first-order chi connectivity index (χ1) is 15.9. The van der Waals surface area contributed by atoms with Crippen LogP contribution in [0.5, 0.6) is 0 Å². The van der Waals surface area contributed by atoms with Crippen molar-refractivity contribution >= 4 is 34.3 Å². The van der Waals surface area contributed by atoms with Crippen LogP contribution in [-0.4, -0.2) is 55.3 Å². The molecular weight excluding hydrogens is 414 g/mol. The van der Waals surface area contributed by atoms with E-state index in [-0.39, 0.29) is 11.6 Å². The predicted octanol–water partition coefficient (Wildman–Crippen LogP) is 3.72. The molecule has 3 aromatic rings. The number of aromatic nitrogens is 1. The monoisotopic (exact) mass is 445 g/mol. The van der Waals surface area contributed by atoms with Crippen LogP contribution in [0.15, 0.2) is 61.2 Å². The van der Waals surface area contributed by atoms with Gasteiger partial charge in [0.05, 0.1) is 11.4 Å². The summed E-state index contributed by atoms with van der Waals surface area (Å²) in [7, 11) is 4.24. The Morgan fingerprint density at radius 3 is 2.61 bits per heavy atom. The zero-order valence-corrected chi connectivity index (χ0v) is 19.2. The van der Waals surface area contributed by atoms with E-state index in [0.29, 0.717) is 23.4 Å². The maximum Gasteiger partial charge on any atom is 0.247 e. The summed E-state index contributed by atoms with van der Waals surface area (Å²) in [4.78, 5) is 29.3. The summed E-state index contributed by atoms with van der Waals surface area (Å²) in [5.74, 6) is -0.276. The molecule has 1 fully saturated rings. The third-order valence-electron chi connectivity index (χ3n) is 5.82. The second-order valence-corrected chi connectivity index (χ2v) is 8.09. The molecule has 7 heteroatoms. The number of carbonyl (C=O) groups is 2. The van der Waals surface area contributed by atoms with Gasteiger partial charge in [0.2, 0.25) is 5.91 Å². The van der Waals surface area contributed by atoms with Crippen LogP contribution in [0.4, 0.5) is 11.4 Å². The number of nitrogens with one attached hydrogen (secondary N) is 2. The van der Waals surface area contributed by atoms with Gasteiger partial charge in [0, 0.05) is 22.7 Å². The summed E-state index contributed by atoms with van der Waals surface area (Å²) < 4.78 is 0. The van der Waals surface area contributed by atoms with Gasteiger partial charge in [0.25, 0.3) is 0 Å². The Labute approximate surface area is 194 Å². The Bertz CT molecular complexity index is 1140. The number of aldehydes is 1. The molecule has 2 aromatic carbocycles. The van der Waals surface area contributed by atoms with Gasteiger partial charge in [0.1, 0.15) is 5.69 Å².